The number of benzene rings is 5. The second kappa shape index (κ2) is 18.0. The van der Waals surface area contributed by atoms with Crippen LogP contribution in [0, 0.1) is 16.7 Å². The summed E-state index contributed by atoms with van der Waals surface area (Å²) >= 11 is 12.2. The maximum absolute atomic E-state index is 14.1. The molecular formula is C47H43Cl2N3O8. The molecule has 0 saturated heterocycles. The SMILES string of the molecule is CC(C)(C)COC(=O)N1Cc2cc3c(cc2C[C@H]1C(=O)N[C@@H](Cc1ccc(-c2ccc(C#N)cc2)cc1)C(=O)O)OCC(c1ccc(OCc2ccc(Cl)c(Cl)c2)cc1)O3. The number of nitrogens with one attached hydrogen (secondary N) is 1. The van der Waals surface area contributed by atoms with Crippen molar-refractivity contribution in [3.05, 3.63) is 147 Å². The van der Waals surface area contributed by atoms with Crippen LogP contribution in [0.25, 0.3) is 11.1 Å². The average molecular weight is 849 g/mol. The van der Waals surface area contributed by atoms with Gasteiger partial charge in [-0.15, -0.1) is 0 Å². The van der Waals surface area contributed by atoms with Crippen LogP contribution in [0.2, 0.25) is 10.0 Å². The van der Waals surface area contributed by atoms with Gasteiger partial charge in [-0.1, -0.05) is 98.6 Å². The van der Waals surface area contributed by atoms with Gasteiger partial charge in [0.25, 0.3) is 0 Å². The zero-order chi connectivity index (χ0) is 42.6. The van der Waals surface area contributed by atoms with Crippen molar-refractivity contribution in [1.29, 1.82) is 5.26 Å². The Morgan fingerprint density at radius 1 is 0.883 bits per heavy atom. The zero-order valence-electron chi connectivity index (χ0n) is 33.2. The minimum absolute atomic E-state index is 0.0147. The first-order chi connectivity index (χ1) is 28.7. The molecule has 60 heavy (non-hydrogen) atoms. The van der Waals surface area contributed by atoms with Crippen molar-refractivity contribution in [2.75, 3.05) is 13.2 Å². The Morgan fingerprint density at radius 2 is 1.55 bits per heavy atom. The van der Waals surface area contributed by atoms with Gasteiger partial charge in [-0.25, -0.2) is 9.59 Å². The summed E-state index contributed by atoms with van der Waals surface area (Å²) in [5.74, 6) is -0.168. The largest absolute Gasteiger partial charge is 0.489 e. The van der Waals surface area contributed by atoms with E-state index in [-0.39, 0.29) is 38.0 Å². The first kappa shape index (κ1) is 41.9. The van der Waals surface area contributed by atoms with E-state index in [9.17, 15) is 19.5 Å². The summed E-state index contributed by atoms with van der Waals surface area (Å²) in [7, 11) is 0. The lowest BCUT2D eigenvalue weighted by molar-refractivity contribution is -0.142. The van der Waals surface area contributed by atoms with Crippen molar-refractivity contribution in [3.63, 3.8) is 0 Å². The predicted octanol–water partition coefficient (Wildman–Crippen LogP) is 9.35. The molecule has 0 spiro atoms. The van der Waals surface area contributed by atoms with Gasteiger partial charge in [0.2, 0.25) is 5.91 Å². The highest BCUT2D eigenvalue weighted by atomic mass is 35.5. The Morgan fingerprint density at radius 3 is 2.20 bits per heavy atom. The highest BCUT2D eigenvalue weighted by Crippen LogP contribution is 2.41. The number of rotatable bonds is 11. The molecule has 0 fully saturated rings. The summed E-state index contributed by atoms with van der Waals surface area (Å²) in [5, 5.41) is 23.0. The van der Waals surface area contributed by atoms with Gasteiger partial charge in [-0.2, -0.15) is 5.26 Å². The second-order valence-electron chi connectivity index (χ2n) is 16.0. The van der Waals surface area contributed by atoms with Crippen LogP contribution in [-0.4, -0.2) is 53.3 Å². The number of nitrogens with zero attached hydrogens (tertiary/aromatic N) is 2. The summed E-state index contributed by atoms with van der Waals surface area (Å²) in [4.78, 5) is 41.6. The van der Waals surface area contributed by atoms with Gasteiger partial charge >= 0.3 is 12.1 Å². The van der Waals surface area contributed by atoms with Crippen LogP contribution in [0.4, 0.5) is 4.79 Å². The molecule has 5 aromatic carbocycles. The van der Waals surface area contributed by atoms with Gasteiger partial charge in [-0.05, 0) is 92.9 Å². The van der Waals surface area contributed by atoms with Crippen LogP contribution in [0.5, 0.6) is 17.2 Å². The molecule has 3 atom stereocenters. The van der Waals surface area contributed by atoms with Crippen molar-refractivity contribution in [3.8, 4) is 34.4 Å². The number of hydrogen-bond donors (Lipinski definition) is 2. The molecule has 0 aromatic heterocycles. The Balaban J connectivity index is 1.05. The highest BCUT2D eigenvalue weighted by molar-refractivity contribution is 6.42. The standard InChI is InChI=1S/C47H43Cl2N3O8/c1-47(2,3)27-59-46(56)52-24-35-22-42-41(58-26-43(60-42)33-13-15-36(16-14-33)57-25-30-8-17-37(48)38(49)18-30)21-34(35)20-40(52)44(53)51-39(45(54)55)19-28-4-9-31(10-5-28)32-11-6-29(23-50)7-12-32/h4-18,21-22,39-40,43H,19-20,24-27H2,1-3H3,(H,51,53)(H,54,55)/t39-,40-,43?/m0/s1. The number of aliphatic carboxylic acids is 1. The van der Waals surface area contributed by atoms with E-state index in [1.807, 2.05) is 99.6 Å². The minimum Gasteiger partial charge on any atom is -0.489 e. The smallest absolute Gasteiger partial charge is 0.410 e. The second-order valence-corrected chi connectivity index (χ2v) is 16.9. The van der Waals surface area contributed by atoms with Crippen LogP contribution in [0.15, 0.2) is 103 Å². The maximum Gasteiger partial charge on any atom is 0.410 e. The van der Waals surface area contributed by atoms with E-state index < -0.39 is 36.2 Å². The minimum atomic E-state index is -1.27. The van der Waals surface area contributed by atoms with Crippen LogP contribution in [0.1, 0.15) is 60.3 Å². The van der Waals surface area contributed by atoms with Crippen LogP contribution in [0.3, 0.4) is 0 Å². The van der Waals surface area contributed by atoms with E-state index in [1.54, 1.807) is 24.3 Å². The van der Waals surface area contributed by atoms with E-state index in [0.717, 1.165) is 33.4 Å². The number of carbonyl (C=O) groups is 3. The molecule has 308 valence electrons. The molecule has 11 nitrogen and oxygen atoms in total. The molecule has 2 heterocycles. The molecule has 13 heteroatoms. The zero-order valence-corrected chi connectivity index (χ0v) is 34.8. The van der Waals surface area contributed by atoms with E-state index >= 15 is 0 Å². The van der Waals surface area contributed by atoms with Crippen molar-refractivity contribution in [1.82, 2.24) is 10.2 Å². The summed E-state index contributed by atoms with van der Waals surface area (Å²) in [5.41, 5.74) is 6.00. The molecule has 0 radical (unpaired) electrons. The molecule has 0 saturated carbocycles. The molecule has 2 amide bonds. The highest BCUT2D eigenvalue weighted by Gasteiger charge is 2.39. The molecular weight excluding hydrogens is 805 g/mol. The normalized spacial score (nSPS) is 16.2. The van der Waals surface area contributed by atoms with Gasteiger partial charge in [-0.3, -0.25) is 9.69 Å². The molecule has 0 aliphatic carbocycles. The van der Waals surface area contributed by atoms with E-state index in [4.69, 9.17) is 47.4 Å². The van der Waals surface area contributed by atoms with Crippen LogP contribution >= 0.6 is 23.2 Å². The number of fused-ring (bicyclic) bond motifs is 2. The molecule has 1 unspecified atom stereocenters. The molecule has 2 aliphatic rings. The lowest BCUT2D eigenvalue weighted by Crippen LogP contribution is -2.56. The van der Waals surface area contributed by atoms with Gasteiger partial charge < -0.3 is 29.4 Å². The van der Waals surface area contributed by atoms with E-state index in [2.05, 4.69) is 11.4 Å². The number of halogens is 2. The number of nitriles is 1. The Bertz CT molecular complexity index is 2430. The van der Waals surface area contributed by atoms with Crippen LogP contribution in [-0.2, 0) is 40.3 Å². The molecule has 0 bridgehead atoms. The topological polar surface area (TPSA) is 147 Å². The Kier molecular flexibility index (Phi) is 12.5. The van der Waals surface area contributed by atoms with Gasteiger partial charge in [0.15, 0.2) is 17.6 Å². The Labute approximate surface area is 358 Å². The first-order valence-electron chi connectivity index (χ1n) is 19.4. The van der Waals surface area contributed by atoms with Crippen molar-refractivity contribution in [2.45, 2.75) is 65.0 Å². The average Bonchev–Trinajstić information content (AvgIpc) is 3.24. The van der Waals surface area contributed by atoms with Crippen molar-refractivity contribution in [2.24, 2.45) is 5.41 Å². The van der Waals surface area contributed by atoms with Crippen molar-refractivity contribution < 1.29 is 38.4 Å². The molecule has 5 aromatic rings. The third-order valence-electron chi connectivity index (χ3n) is 10.2. The maximum atomic E-state index is 14.1. The van der Waals surface area contributed by atoms with Crippen molar-refractivity contribution >= 4 is 41.2 Å². The van der Waals surface area contributed by atoms with E-state index in [0.29, 0.717) is 45.0 Å². The number of hydrogen-bond acceptors (Lipinski definition) is 8. The number of carbonyl (C=O) groups excluding carboxylic acids is 2. The Hall–Kier alpha value is -6.22. The molecule has 7 rings (SSSR count). The van der Waals surface area contributed by atoms with E-state index in [1.165, 1.54) is 4.90 Å². The number of carboxylic acid groups (broad SMARTS) is 1. The first-order valence-corrected chi connectivity index (χ1v) is 20.2. The number of ether oxygens (including phenoxy) is 4. The fraction of sp³-hybridized carbons (Fsp3) is 0.277. The predicted molar refractivity (Wildman–Crippen MR) is 226 cm³/mol. The van der Waals surface area contributed by atoms with Gasteiger partial charge in [0.05, 0.1) is 34.8 Å². The van der Waals surface area contributed by atoms with Gasteiger partial charge in [0, 0.05) is 12.8 Å². The third-order valence-corrected chi connectivity index (χ3v) is 11.0. The van der Waals surface area contributed by atoms with Crippen LogP contribution < -0.4 is 19.5 Å². The fourth-order valence-corrected chi connectivity index (χ4v) is 7.27. The quantitative estimate of drug-likeness (QED) is 0.133. The third kappa shape index (κ3) is 10.1. The number of carboxylic acids is 1. The summed E-state index contributed by atoms with van der Waals surface area (Å²) in [6, 6.07) is 30.8. The summed E-state index contributed by atoms with van der Waals surface area (Å²) in [6.07, 6.45) is -0.993. The van der Waals surface area contributed by atoms with Gasteiger partial charge in [0.1, 0.15) is 31.0 Å². The lowest BCUT2D eigenvalue weighted by Gasteiger charge is -2.37. The summed E-state index contributed by atoms with van der Waals surface area (Å²) in [6.45, 7) is 6.49. The monoisotopic (exact) mass is 847 g/mol. The number of amides is 2. The molecule has 2 N–H and O–H groups in total. The molecule has 2 aliphatic heterocycles. The fourth-order valence-electron chi connectivity index (χ4n) is 6.95. The lowest BCUT2D eigenvalue weighted by atomic mass is 9.92. The summed E-state index contributed by atoms with van der Waals surface area (Å²) < 4.78 is 24.3.